The van der Waals surface area contributed by atoms with Gasteiger partial charge in [-0.15, -0.1) is 13.2 Å². The number of hydrogen-bond donors (Lipinski definition) is 2. The van der Waals surface area contributed by atoms with Crippen LogP contribution in [0.4, 0.5) is 0 Å². The lowest BCUT2D eigenvalue weighted by Gasteiger charge is -2.39. The van der Waals surface area contributed by atoms with Gasteiger partial charge in [-0.05, 0) is 73.9 Å². The molecule has 44 heavy (non-hydrogen) atoms. The van der Waals surface area contributed by atoms with E-state index < -0.39 is 36.7 Å². The minimum absolute atomic E-state index is 0.306. The van der Waals surface area contributed by atoms with E-state index >= 15 is 0 Å². The zero-order valence-electron chi connectivity index (χ0n) is 25.7. The Morgan fingerprint density at radius 1 is 0.750 bits per heavy atom. The summed E-state index contributed by atoms with van der Waals surface area (Å²) in [6, 6.07) is 12.0. The van der Waals surface area contributed by atoms with Crippen molar-refractivity contribution in [3.63, 3.8) is 0 Å². The van der Waals surface area contributed by atoms with Crippen molar-refractivity contribution in [2.45, 2.75) is 89.0 Å². The van der Waals surface area contributed by atoms with Crippen LogP contribution >= 0.6 is 0 Å². The fourth-order valence-electron chi connectivity index (χ4n) is 5.53. The van der Waals surface area contributed by atoms with Crippen molar-refractivity contribution in [2.24, 2.45) is 0 Å². The van der Waals surface area contributed by atoms with Gasteiger partial charge in [0.05, 0.1) is 0 Å². The molecule has 0 aliphatic heterocycles. The Labute approximate surface area is 260 Å². The number of hydrogen-bond acceptors (Lipinski definition) is 8. The summed E-state index contributed by atoms with van der Waals surface area (Å²) in [4.78, 5) is 23.7. The molecule has 0 spiro atoms. The first-order valence-electron chi connectivity index (χ1n) is 14.9. The molecule has 0 amide bonds. The van der Waals surface area contributed by atoms with E-state index in [4.69, 9.17) is 18.9 Å². The van der Waals surface area contributed by atoms with E-state index in [1.807, 2.05) is 24.3 Å². The molecule has 8 nitrogen and oxygen atoms in total. The van der Waals surface area contributed by atoms with Crippen molar-refractivity contribution in [1.82, 2.24) is 0 Å². The molecule has 0 bridgehead atoms. The number of rotatable bonds is 16. The van der Waals surface area contributed by atoms with E-state index in [-0.39, 0.29) is 5.41 Å². The van der Waals surface area contributed by atoms with Gasteiger partial charge in [-0.25, -0.2) is 9.59 Å². The van der Waals surface area contributed by atoms with Gasteiger partial charge in [-0.1, -0.05) is 68.8 Å². The van der Waals surface area contributed by atoms with Crippen LogP contribution in [-0.2, 0) is 37.3 Å². The van der Waals surface area contributed by atoms with Crippen LogP contribution in [0.3, 0.4) is 0 Å². The zero-order valence-corrected chi connectivity index (χ0v) is 25.7. The second kappa shape index (κ2) is 16.1. The highest BCUT2D eigenvalue weighted by Crippen LogP contribution is 2.47. The lowest BCUT2D eigenvalue weighted by atomic mass is 9.65. The van der Waals surface area contributed by atoms with Crippen molar-refractivity contribution in [2.75, 3.05) is 0 Å². The molecule has 4 unspecified atom stereocenters. The average molecular weight is 605 g/mol. The Bertz CT molecular complexity index is 1240. The summed E-state index contributed by atoms with van der Waals surface area (Å²) in [7, 11) is 0. The second-order valence-electron chi connectivity index (χ2n) is 11.0. The molecule has 3 rings (SSSR count). The number of aliphatic hydroxyl groups is 2. The van der Waals surface area contributed by atoms with Gasteiger partial charge in [-0.2, -0.15) is 0 Å². The fraction of sp³-hybridized carbons (Fsp3) is 0.389. The van der Waals surface area contributed by atoms with Gasteiger partial charge in [0.15, 0.2) is 0 Å². The first-order valence-corrected chi connectivity index (χ1v) is 14.9. The van der Waals surface area contributed by atoms with Crippen LogP contribution in [0.5, 0.6) is 11.5 Å². The molecule has 1 aliphatic carbocycles. The summed E-state index contributed by atoms with van der Waals surface area (Å²) in [5.74, 6) is -0.422. The maximum absolute atomic E-state index is 11.8. The second-order valence-corrected chi connectivity index (χ2v) is 11.0. The van der Waals surface area contributed by atoms with Crippen molar-refractivity contribution in [1.29, 1.82) is 0 Å². The zero-order chi connectivity index (χ0) is 32.3. The third-order valence-corrected chi connectivity index (χ3v) is 7.73. The number of benzene rings is 2. The quantitative estimate of drug-likeness (QED) is 0.104. The summed E-state index contributed by atoms with van der Waals surface area (Å²) in [6.45, 7) is 17.6. The van der Waals surface area contributed by atoms with E-state index in [0.29, 0.717) is 24.3 Å². The van der Waals surface area contributed by atoms with E-state index in [9.17, 15) is 19.8 Å². The molecular formula is C36H44O8. The molecule has 0 aromatic heterocycles. The number of allylic oxidation sites excluding steroid dienone is 2. The van der Waals surface area contributed by atoms with Gasteiger partial charge in [-0.3, -0.25) is 0 Å². The number of carbonyl (C=O) groups is 2. The van der Waals surface area contributed by atoms with Crippen LogP contribution in [-0.4, -0.2) is 46.9 Å². The molecule has 1 fully saturated rings. The van der Waals surface area contributed by atoms with Gasteiger partial charge in [0, 0.05) is 17.6 Å². The number of ether oxygens (including phenoxy) is 4. The molecule has 8 heteroatoms. The highest BCUT2D eigenvalue weighted by atomic mass is 16.7. The SMILES string of the molecule is C=CCc1cc(C2(c3ccc(OC(OC(=O)C=C)C(C)O)c(CC=C)c3)CCCCC2)ccc1OC(OC(=O)C=C)C(C)O. The first kappa shape index (κ1) is 34.4. The van der Waals surface area contributed by atoms with Gasteiger partial charge in [0.1, 0.15) is 23.7 Å². The number of carbonyl (C=O) groups excluding carboxylic acids is 2. The minimum atomic E-state index is -1.20. The Hall–Kier alpha value is -4.14. The minimum Gasteiger partial charge on any atom is -0.452 e. The summed E-state index contributed by atoms with van der Waals surface area (Å²) in [5.41, 5.74) is 3.60. The molecule has 2 aromatic carbocycles. The van der Waals surface area contributed by atoms with Crippen LogP contribution in [0.1, 0.15) is 68.2 Å². The van der Waals surface area contributed by atoms with E-state index in [1.54, 1.807) is 12.2 Å². The first-order chi connectivity index (χ1) is 21.1. The molecule has 0 heterocycles. The summed E-state index contributed by atoms with van der Waals surface area (Å²) >= 11 is 0. The van der Waals surface area contributed by atoms with Crippen molar-refractivity contribution in [3.8, 4) is 11.5 Å². The lowest BCUT2D eigenvalue weighted by Crippen LogP contribution is -2.35. The smallest absolute Gasteiger partial charge is 0.333 e. The molecule has 2 aromatic rings. The van der Waals surface area contributed by atoms with Crippen molar-refractivity contribution >= 4 is 11.9 Å². The Kier molecular flexibility index (Phi) is 12.6. The maximum Gasteiger partial charge on any atom is 0.333 e. The van der Waals surface area contributed by atoms with Gasteiger partial charge in [0.25, 0.3) is 12.6 Å². The normalized spacial score (nSPS) is 16.7. The van der Waals surface area contributed by atoms with Crippen molar-refractivity contribution < 1.29 is 38.7 Å². The third-order valence-electron chi connectivity index (χ3n) is 7.73. The molecule has 4 atom stereocenters. The standard InChI is InChI=1S/C36H44O8/c1-7-14-26-22-28(16-18-30(26)41-34(24(5)37)43-32(39)9-3)36(20-12-11-13-21-36)29-17-19-31(27(23-29)15-8-2)42-35(25(6)38)44-33(40)10-4/h7-10,16-19,22-25,34-35,37-38H,1-4,11-15,20-21H2,5-6H3. The van der Waals surface area contributed by atoms with Crippen LogP contribution in [0.2, 0.25) is 0 Å². The van der Waals surface area contributed by atoms with Gasteiger partial charge in [0.2, 0.25) is 0 Å². The molecule has 1 aliphatic rings. The van der Waals surface area contributed by atoms with Crippen molar-refractivity contribution in [3.05, 3.63) is 109 Å². The van der Waals surface area contributed by atoms with Gasteiger partial charge >= 0.3 is 11.9 Å². The average Bonchev–Trinajstić information content (AvgIpc) is 3.02. The van der Waals surface area contributed by atoms with E-state index in [0.717, 1.165) is 66.5 Å². The van der Waals surface area contributed by atoms with Gasteiger partial charge < -0.3 is 29.2 Å². The maximum atomic E-state index is 11.8. The Morgan fingerprint density at radius 2 is 1.16 bits per heavy atom. The van der Waals surface area contributed by atoms with Crippen LogP contribution in [0.25, 0.3) is 0 Å². The molecule has 2 N–H and O–H groups in total. The molecule has 236 valence electrons. The monoisotopic (exact) mass is 604 g/mol. The number of esters is 2. The summed E-state index contributed by atoms with van der Waals surface area (Å²) in [5, 5.41) is 20.4. The van der Waals surface area contributed by atoms with Crippen LogP contribution in [0.15, 0.2) is 87.0 Å². The molecule has 0 radical (unpaired) electrons. The topological polar surface area (TPSA) is 112 Å². The highest BCUT2D eigenvalue weighted by Gasteiger charge is 2.37. The van der Waals surface area contributed by atoms with E-state index in [1.165, 1.54) is 13.8 Å². The summed E-state index contributed by atoms with van der Waals surface area (Å²) < 4.78 is 22.4. The Morgan fingerprint density at radius 3 is 1.50 bits per heavy atom. The molecule has 1 saturated carbocycles. The van der Waals surface area contributed by atoms with Crippen LogP contribution in [0, 0.1) is 0 Å². The predicted molar refractivity (Wildman–Crippen MR) is 169 cm³/mol. The molecule has 0 saturated heterocycles. The predicted octanol–water partition coefficient (Wildman–Crippen LogP) is 6.02. The number of aliphatic hydroxyl groups excluding tert-OH is 2. The molecular weight excluding hydrogens is 560 g/mol. The highest BCUT2D eigenvalue weighted by molar-refractivity contribution is 5.81. The Balaban J connectivity index is 2.06. The van der Waals surface area contributed by atoms with Crippen LogP contribution < -0.4 is 9.47 Å². The summed E-state index contributed by atoms with van der Waals surface area (Å²) in [6.07, 6.45) is 7.13. The lowest BCUT2D eigenvalue weighted by molar-refractivity contribution is -0.172. The van der Waals surface area contributed by atoms with E-state index in [2.05, 4.69) is 38.4 Å². The largest absolute Gasteiger partial charge is 0.452 e. The third kappa shape index (κ3) is 8.49. The fourth-order valence-corrected chi connectivity index (χ4v) is 5.53.